The molecule has 3 rings (SSSR count). The molecule has 0 N–H and O–H groups in total. The number of fused-ring (bicyclic) bond motifs is 1. The van der Waals surface area contributed by atoms with Crippen LogP contribution in [-0.2, 0) is 6.61 Å². The Labute approximate surface area is 121 Å². The molecule has 0 aliphatic carbocycles. The third-order valence-electron chi connectivity index (χ3n) is 3.39. The predicted octanol–water partition coefficient (Wildman–Crippen LogP) is 4.37. The number of carbonyl (C=O) groups is 1. The predicted molar refractivity (Wildman–Crippen MR) is 80.1 cm³/mol. The molecule has 104 valence electrons. The van der Waals surface area contributed by atoms with Crippen LogP contribution in [0.1, 0.15) is 15.9 Å². The van der Waals surface area contributed by atoms with E-state index in [9.17, 15) is 9.18 Å². The smallest absolute Gasteiger partial charge is 0.154 e. The number of benzene rings is 3. The Kier molecular flexibility index (Phi) is 3.65. The zero-order valence-corrected chi connectivity index (χ0v) is 11.3. The Morgan fingerprint density at radius 1 is 0.952 bits per heavy atom. The van der Waals surface area contributed by atoms with Gasteiger partial charge in [-0.2, -0.15) is 0 Å². The van der Waals surface area contributed by atoms with Gasteiger partial charge in [-0.05, 0) is 22.9 Å². The average molecular weight is 280 g/mol. The van der Waals surface area contributed by atoms with E-state index in [1.54, 1.807) is 24.3 Å². The Morgan fingerprint density at radius 3 is 2.52 bits per heavy atom. The largest absolute Gasteiger partial charge is 0.488 e. The number of rotatable bonds is 4. The van der Waals surface area contributed by atoms with Crippen molar-refractivity contribution in [3.8, 4) is 5.75 Å². The van der Waals surface area contributed by atoms with Crippen LogP contribution in [0, 0.1) is 5.82 Å². The first kappa shape index (κ1) is 13.3. The maximum atomic E-state index is 13.6. The first-order valence-electron chi connectivity index (χ1n) is 6.63. The van der Waals surface area contributed by atoms with Crippen LogP contribution in [-0.4, -0.2) is 6.29 Å². The van der Waals surface area contributed by atoms with Crippen molar-refractivity contribution in [2.24, 2.45) is 0 Å². The molecular formula is C18H13FO2. The summed E-state index contributed by atoms with van der Waals surface area (Å²) in [5, 5.41) is 1.80. The lowest BCUT2D eigenvalue weighted by atomic mass is 10.0. The van der Waals surface area contributed by atoms with Crippen molar-refractivity contribution in [1.82, 2.24) is 0 Å². The van der Waals surface area contributed by atoms with Gasteiger partial charge in [-0.1, -0.05) is 48.5 Å². The quantitative estimate of drug-likeness (QED) is 0.663. The van der Waals surface area contributed by atoms with Gasteiger partial charge in [0.15, 0.2) is 6.29 Å². The lowest BCUT2D eigenvalue weighted by molar-refractivity contribution is 0.112. The van der Waals surface area contributed by atoms with Crippen molar-refractivity contribution in [2.75, 3.05) is 0 Å². The van der Waals surface area contributed by atoms with Gasteiger partial charge in [0.1, 0.15) is 18.2 Å². The molecule has 0 bridgehead atoms. The fraction of sp³-hybridized carbons (Fsp3) is 0.0556. The average Bonchev–Trinajstić information content (AvgIpc) is 2.53. The number of hydrogen-bond donors (Lipinski definition) is 0. The third kappa shape index (κ3) is 2.63. The molecule has 0 radical (unpaired) electrons. The molecule has 0 saturated heterocycles. The molecule has 0 aromatic heterocycles. The van der Waals surface area contributed by atoms with Crippen LogP contribution >= 0.6 is 0 Å². The molecule has 0 spiro atoms. The lowest BCUT2D eigenvalue weighted by Crippen LogP contribution is -2.00. The molecule has 21 heavy (non-hydrogen) atoms. The number of ether oxygens (including phenoxy) is 1. The number of halogens is 1. The van der Waals surface area contributed by atoms with Gasteiger partial charge >= 0.3 is 0 Å². The molecule has 3 aromatic carbocycles. The van der Waals surface area contributed by atoms with Crippen molar-refractivity contribution in [1.29, 1.82) is 0 Å². The van der Waals surface area contributed by atoms with E-state index in [-0.39, 0.29) is 12.4 Å². The van der Waals surface area contributed by atoms with E-state index in [0.717, 1.165) is 17.1 Å². The van der Waals surface area contributed by atoms with Crippen molar-refractivity contribution >= 4 is 17.1 Å². The molecule has 0 aliphatic rings. The third-order valence-corrected chi connectivity index (χ3v) is 3.39. The van der Waals surface area contributed by atoms with Gasteiger partial charge in [0.05, 0.1) is 5.56 Å². The van der Waals surface area contributed by atoms with Gasteiger partial charge in [0, 0.05) is 5.56 Å². The summed E-state index contributed by atoms with van der Waals surface area (Å²) in [7, 11) is 0. The molecule has 0 aliphatic heterocycles. The highest BCUT2D eigenvalue weighted by atomic mass is 19.1. The molecular weight excluding hydrogens is 267 g/mol. The van der Waals surface area contributed by atoms with E-state index >= 15 is 0 Å². The topological polar surface area (TPSA) is 26.3 Å². The van der Waals surface area contributed by atoms with Gasteiger partial charge in [-0.25, -0.2) is 4.39 Å². The van der Waals surface area contributed by atoms with Crippen molar-refractivity contribution in [2.45, 2.75) is 6.61 Å². The van der Waals surface area contributed by atoms with Crippen LogP contribution in [0.25, 0.3) is 10.8 Å². The van der Waals surface area contributed by atoms with E-state index in [0.29, 0.717) is 16.9 Å². The van der Waals surface area contributed by atoms with E-state index in [1.165, 1.54) is 6.07 Å². The van der Waals surface area contributed by atoms with E-state index in [4.69, 9.17) is 4.74 Å². The Balaban J connectivity index is 1.94. The molecule has 0 saturated carbocycles. The zero-order chi connectivity index (χ0) is 14.7. The molecule has 0 fully saturated rings. The van der Waals surface area contributed by atoms with E-state index in [2.05, 4.69) is 0 Å². The van der Waals surface area contributed by atoms with E-state index < -0.39 is 0 Å². The molecule has 0 amide bonds. The van der Waals surface area contributed by atoms with Gasteiger partial charge in [0.25, 0.3) is 0 Å². The number of aldehydes is 1. The fourth-order valence-electron chi connectivity index (χ4n) is 2.29. The Morgan fingerprint density at radius 2 is 1.71 bits per heavy atom. The maximum absolute atomic E-state index is 13.6. The van der Waals surface area contributed by atoms with Crippen molar-refractivity contribution in [3.05, 3.63) is 77.6 Å². The molecule has 2 nitrogen and oxygen atoms in total. The van der Waals surface area contributed by atoms with Crippen LogP contribution in [0.3, 0.4) is 0 Å². The molecule has 3 aromatic rings. The van der Waals surface area contributed by atoms with E-state index in [1.807, 2.05) is 30.3 Å². The second-order valence-corrected chi connectivity index (χ2v) is 4.70. The summed E-state index contributed by atoms with van der Waals surface area (Å²) in [5.74, 6) is 0.151. The van der Waals surface area contributed by atoms with Crippen LogP contribution in [0.4, 0.5) is 4.39 Å². The number of carbonyl (C=O) groups excluding carboxylic acids is 1. The molecule has 0 unspecified atom stereocenters. The monoisotopic (exact) mass is 280 g/mol. The van der Waals surface area contributed by atoms with Crippen LogP contribution in [0.5, 0.6) is 5.75 Å². The summed E-state index contributed by atoms with van der Waals surface area (Å²) < 4.78 is 19.2. The second-order valence-electron chi connectivity index (χ2n) is 4.70. The summed E-state index contributed by atoms with van der Waals surface area (Å²) in [6.07, 6.45) is 0.777. The van der Waals surface area contributed by atoms with Gasteiger partial charge < -0.3 is 4.74 Å². The summed E-state index contributed by atoms with van der Waals surface area (Å²) in [6, 6.07) is 17.7. The standard InChI is InChI=1S/C18H13FO2/c19-17-8-4-2-6-14(17)12-21-18-10-9-13-5-1-3-7-15(13)16(18)11-20/h1-11H,12H2. The molecule has 3 heteroatoms. The Hall–Kier alpha value is -2.68. The van der Waals surface area contributed by atoms with Gasteiger partial charge in [-0.15, -0.1) is 0 Å². The summed E-state index contributed by atoms with van der Waals surface area (Å²) in [4.78, 5) is 11.4. The summed E-state index contributed by atoms with van der Waals surface area (Å²) >= 11 is 0. The highest BCUT2D eigenvalue weighted by Gasteiger charge is 2.09. The molecule has 0 atom stereocenters. The first-order chi connectivity index (χ1) is 10.3. The Bertz CT molecular complexity index is 796. The highest BCUT2D eigenvalue weighted by molar-refractivity contribution is 6.00. The SMILES string of the molecule is O=Cc1c(OCc2ccccc2F)ccc2ccccc12. The maximum Gasteiger partial charge on any atom is 0.154 e. The van der Waals surface area contributed by atoms with Crippen LogP contribution in [0.15, 0.2) is 60.7 Å². The fourth-order valence-corrected chi connectivity index (χ4v) is 2.29. The van der Waals surface area contributed by atoms with Crippen molar-refractivity contribution in [3.63, 3.8) is 0 Å². The number of hydrogen-bond acceptors (Lipinski definition) is 2. The van der Waals surface area contributed by atoms with Gasteiger partial charge in [-0.3, -0.25) is 4.79 Å². The second kappa shape index (κ2) is 5.75. The highest BCUT2D eigenvalue weighted by Crippen LogP contribution is 2.27. The zero-order valence-electron chi connectivity index (χ0n) is 11.3. The van der Waals surface area contributed by atoms with Crippen molar-refractivity contribution < 1.29 is 13.9 Å². The minimum Gasteiger partial charge on any atom is -0.488 e. The summed E-state index contributed by atoms with van der Waals surface area (Å²) in [5.41, 5.74) is 0.951. The first-order valence-corrected chi connectivity index (χ1v) is 6.63. The van der Waals surface area contributed by atoms with Crippen LogP contribution in [0.2, 0.25) is 0 Å². The normalized spacial score (nSPS) is 10.5. The van der Waals surface area contributed by atoms with Crippen LogP contribution < -0.4 is 4.74 Å². The minimum absolute atomic E-state index is 0.0891. The van der Waals surface area contributed by atoms with Gasteiger partial charge in [0.2, 0.25) is 0 Å². The molecule has 0 heterocycles. The summed E-state index contributed by atoms with van der Waals surface area (Å²) in [6.45, 7) is 0.0891. The minimum atomic E-state index is -0.314. The lowest BCUT2D eigenvalue weighted by Gasteiger charge is -2.11.